The Labute approximate surface area is 145 Å². The van der Waals surface area contributed by atoms with Gasteiger partial charge in [-0.25, -0.2) is 9.98 Å². The molecule has 0 saturated heterocycles. The fraction of sp³-hybridized carbons (Fsp3) is 0.500. The van der Waals surface area contributed by atoms with Crippen molar-refractivity contribution in [3.63, 3.8) is 0 Å². The van der Waals surface area contributed by atoms with E-state index >= 15 is 0 Å². The SMILES string of the molecule is CCC1=C(C)SC2=NC(=S)N(CCCn3cncc3C)C(=O)C21. The minimum Gasteiger partial charge on any atom is -0.335 e. The number of thioether (sulfide) groups is 1. The Hall–Kier alpha value is -1.47. The second kappa shape index (κ2) is 6.57. The number of hydrogen-bond acceptors (Lipinski definition) is 4. The molecule has 0 radical (unpaired) electrons. The number of amides is 1. The molecule has 0 aromatic carbocycles. The quantitative estimate of drug-likeness (QED) is 0.767. The van der Waals surface area contributed by atoms with Crippen molar-refractivity contribution < 1.29 is 4.79 Å². The lowest BCUT2D eigenvalue weighted by atomic mass is 9.95. The van der Waals surface area contributed by atoms with E-state index < -0.39 is 0 Å². The summed E-state index contributed by atoms with van der Waals surface area (Å²) < 4.78 is 2.08. The number of aromatic nitrogens is 2. The third-order valence-electron chi connectivity index (χ3n) is 4.34. The Balaban J connectivity index is 1.70. The minimum absolute atomic E-state index is 0.0866. The maximum atomic E-state index is 12.9. The lowest BCUT2D eigenvalue weighted by Crippen LogP contribution is -2.45. The van der Waals surface area contributed by atoms with E-state index in [4.69, 9.17) is 12.2 Å². The molecule has 0 bridgehead atoms. The number of hydrogen-bond donors (Lipinski definition) is 0. The molecule has 3 heterocycles. The number of fused-ring (bicyclic) bond motifs is 1. The van der Waals surface area contributed by atoms with Crippen LogP contribution in [-0.2, 0) is 11.3 Å². The van der Waals surface area contributed by atoms with Gasteiger partial charge in [0.25, 0.3) is 0 Å². The highest BCUT2D eigenvalue weighted by molar-refractivity contribution is 8.17. The molecule has 5 nitrogen and oxygen atoms in total. The maximum absolute atomic E-state index is 12.9. The summed E-state index contributed by atoms with van der Waals surface area (Å²) in [5.74, 6) is -0.116. The molecule has 1 unspecified atom stereocenters. The number of rotatable bonds is 5. The molecule has 7 heteroatoms. The van der Waals surface area contributed by atoms with Gasteiger partial charge in [-0.3, -0.25) is 9.69 Å². The average molecular weight is 348 g/mol. The summed E-state index contributed by atoms with van der Waals surface area (Å²) in [6, 6.07) is 0. The van der Waals surface area contributed by atoms with E-state index in [1.807, 2.05) is 19.4 Å². The van der Waals surface area contributed by atoms with E-state index in [1.54, 1.807) is 16.7 Å². The van der Waals surface area contributed by atoms with Crippen molar-refractivity contribution in [1.29, 1.82) is 0 Å². The summed E-state index contributed by atoms with van der Waals surface area (Å²) in [5.41, 5.74) is 2.31. The summed E-state index contributed by atoms with van der Waals surface area (Å²) in [6.07, 6.45) is 5.36. The van der Waals surface area contributed by atoms with Gasteiger partial charge in [0, 0.05) is 25.0 Å². The third-order valence-corrected chi connectivity index (χ3v) is 5.75. The van der Waals surface area contributed by atoms with Crippen LogP contribution >= 0.6 is 24.0 Å². The van der Waals surface area contributed by atoms with Crippen molar-refractivity contribution in [2.75, 3.05) is 6.54 Å². The van der Waals surface area contributed by atoms with E-state index in [-0.39, 0.29) is 11.8 Å². The molecular formula is C16H20N4OS2. The molecule has 1 aromatic rings. The van der Waals surface area contributed by atoms with Gasteiger partial charge in [0.05, 0.1) is 11.4 Å². The van der Waals surface area contributed by atoms with Crippen LogP contribution < -0.4 is 0 Å². The largest absolute Gasteiger partial charge is 0.335 e. The van der Waals surface area contributed by atoms with Crippen LogP contribution in [0.5, 0.6) is 0 Å². The maximum Gasteiger partial charge on any atom is 0.242 e. The van der Waals surface area contributed by atoms with E-state index in [0.717, 1.165) is 30.1 Å². The van der Waals surface area contributed by atoms with Crippen molar-refractivity contribution >= 4 is 40.0 Å². The fourth-order valence-corrected chi connectivity index (χ4v) is 4.60. The molecule has 0 aliphatic carbocycles. The van der Waals surface area contributed by atoms with Gasteiger partial charge in [0.2, 0.25) is 11.0 Å². The van der Waals surface area contributed by atoms with Crippen molar-refractivity contribution in [2.45, 2.75) is 40.2 Å². The van der Waals surface area contributed by atoms with Crippen LogP contribution in [0.4, 0.5) is 0 Å². The number of imidazole rings is 1. The Morgan fingerprint density at radius 1 is 1.35 bits per heavy atom. The number of nitrogens with zero attached hydrogens (tertiary/aromatic N) is 4. The Morgan fingerprint density at radius 2 is 2.13 bits per heavy atom. The molecule has 3 rings (SSSR count). The molecule has 1 aromatic heterocycles. The Bertz CT molecular complexity index is 719. The number of aryl methyl sites for hydroxylation is 2. The topological polar surface area (TPSA) is 50.5 Å². The van der Waals surface area contributed by atoms with Gasteiger partial charge in [0.15, 0.2) is 0 Å². The first kappa shape index (κ1) is 16.4. The van der Waals surface area contributed by atoms with Crippen molar-refractivity contribution in [3.05, 3.63) is 28.7 Å². The van der Waals surface area contributed by atoms with Gasteiger partial charge < -0.3 is 4.57 Å². The first-order valence-electron chi connectivity index (χ1n) is 7.81. The third kappa shape index (κ3) is 2.99. The zero-order valence-electron chi connectivity index (χ0n) is 13.6. The zero-order chi connectivity index (χ0) is 16.6. The number of carbonyl (C=O) groups excluding carboxylic acids is 1. The van der Waals surface area contributed by atoms with Gasteiger partial charge in [-0.15, -0.1) is 0 Å². The zero-order valence-corrected chi connectivity index (χ0v) is 15.2. The van der Waals surface area contributed by atoms with Crippen LogP contribution in [-0.4, -0.2) is 37.1 Å². The first-order chi connectivity index (χ1) is 11.0. The van der Waals surface area contributed by atoms with Gasteiger partial charge in [0.1, 0.15) is 5.92 Å². The number of allylic oxidation sites excluding steroid dienone is 1. The number of aliphatic imine (C=N–C) groups is 1. The van der Waals surface area contributed by atoms with Crippen LogP contribution in [0.2, 0.25) is 0 Å². The lowest BCUT2D eigenvalue weighted by molar-refractivity contribution is -0.128. The van der Waals surface area contributed by atoms with E-state index in [9.17, 15) is 4.79 Å². The van der Waals surface area contributed by atoms with Gasteiger partial charge >= 0.3 is 0 Å². The number of carbonyl (C=O) groups is 1. The molecule has 23 heavy (non-hydrogen) atoms. The molecular weight excluding hydrogens is 328 g/mol. The molecule has 1 atom stereocenters. The van der Waals surface area contributed by atoms with Crippen LogP contribution in [0.15, 0.2) is 28.0 Å². The molecule has 122 valence electrons. The van der Waals surface area contributed by atoms with E-state index in [1.165, 1.54) is 10.5 Å². The minimum atomic E-state index is -0.202. The van der Waals surface area contributed by atoms with Crippen molar-refractivity contribution in [2.24, 2.45) is 10.9 Å². The fourth-order valence-electron chi connectivity index (χ4n) is 3.06. The summed E-state index contributed by atoms with van der Waals surface area (Å²) in [6.45, 7) is 7.60. The smallest absolute Gasteiger partial charge is 0.242 e. The summed E-state index contributed by atoms with van der Waals surface area (Å²) in [5, 5.41) is 1.26. The molecule has 0 N–H and O–H groups in total. The summed E-state index contributed by atoms with van der Waals surface area (Å²) >= 11 is 6.95. The molecule has 0 fully saturated rings. The first-order valence-corrected chi connectivity index (χ1v) is 9.03. The van der Waals surface area contributed by atoms with Crippen LogP contribution in [0.1, 0.15) is 32.4 Å². The standard InChI is InChI=1S/C16H20N4OS2/c1-4-12-11(3)23-14-13(12)15(21)20(16(22)18-14)7-5-6-19-9-17-8-10(19)2/h8-9,13H,4-7H2,1-3H3. The predicted molar refractivity (Wildman–Crippen MR) is 97.4 cm³/mol. The van der Waals surface area contributed by atoms with Crippen LogP contribution in [0.25, 0.3) is 0 Å². The van der Waals surface area contributed by atoms with Gasteiger partial charge in [-0.2, -0.15) is 0 Å². The molecule has 2 aliphatic rings. The van der Waals surface area contributed by atoms with Crippen molar-refractivity contribution in [1.82, 2.24) is 14.5 Å². The Morgan fingerprint density at radius 3 is 2.78 bits per heavy atom. The summed E-state index contributed by atoms with van der Waals surface area (Å²) in [7, 11) is 0. The molecule has 1 amide bonds. The average Bonchev–Trinajstić information content (AvgIpc) is 3.05. The van der Waals surface area contributed by atoms with Gasteiger partial charge in [-0.1, -0.05) is 18.7 Å². The Kier molecular flexibility index (Phi) is 4.68. The normalized spacial score (nSPS) is 21.1. The second-order valence-corrected chi connectivity index (χ2v) is 7.37. The molecule has 2 aliphatic heterocycles. The van der Waals surface area contributed by atoms with Crippen LogP contribution in [0.3, 0.4) is 0 Å². The summed E-state index contributed by atoms with van der Waals surface area (Å²) in [4.78, 5) is 24.4. The van der Waals surface area contributed by atoms with E-state index in [2.05, 4.69) is 28.4 Å². The lowest BCUT2D eigenvalue weighted by Gasteiger charge is -2.29. The predicted octanol–water partition coefficient (Wildman–Crippen LogP) is 3.15. The monoisotopic (exact) mass is 348 g/mol. The highest BCUT2D eigenvalue weighted by Gasteiger charge is 2.41. The van der Waals surface area contributed by atoms with E-state index in [0.29, 0.717) is 11.7 Å². The van der Waals surface area contributed by atoms with Crippen LogP contribution in [0, 0.1) is 12.8 Å². The highest BCUT2D eigenvalue weighted by atomic mass is 32.2. The van der Waals surface area contributed by atoms with Gasteiger partial charge in [-0.05, 0) is 49.4 Å². The molecule has 0 spiro atoms. The second-order valence-electron chi connectivity index (χ2n) is 5.77. The highest BCUT2D eigenvalue weighted by Crippen LogP contribution is 2.42. The number of thiocarbonyl (C=S) groups is 1. The molecule has 0 saturated carbocycles. The van der Waals surface area contributed by atoms with Crippen molar-refractivity contribution in [3.8, 4) is 0 Å².